The Morgan fingerprint density at radius 1 is 0.306 bits per heavy atom. The number of rotatable bonds is 6. The summed E-state index contributed by atoms with van der Waals surface area (Å²) < 4.78 is 2.63. The Morgan fingerprint density at radius 2 is 0.735 bits per heavy atom. The molecule has 0 N–H and O–H groups in total. The lowest BCUT2D eigenvalue weighted by Crippen LogP contribution is -1.87. The number of thiophene rings is 1. The summed E-state index contributed by atoms with van der Waals surface area (Å²) in [4.78, 5) is 8.64. The minimum absolute atomic E-state index is 1.11. The van der Waals surface area contributed by atoms with Crippen LogP contribution in [-0.4, -0.2) is 9.97 Å². The molecule has 0 aliphatic rings. The van der Waals surface area contributed by atoms with E-state index in [9.17, 15) is 0 Å². The van der Waals surface area contributed by atoms with Gasteiger partial charge in [0.2, 0.25) is 0 Å². The van der Waals surface area contributed by atoms with Gasteiger partial charge < -0.3 is 0 Å². The first kappa shape index (κ1) is 29.0. The lowest BCUT2D eigenvalue weighted by molar-refractivity contribution is 1.33. The molecule has 0 unspecified atom stereocenters. The molecule has 9 rings (SSSR count). The number of nitrogens with zero attached hydrogens (tertiary/aromatic N) is 2. The highest BCUT2D eigenvalue weighted by Crippen LogP contribution is 2.45. The number of benzene rings is 6. The van der Waals surface area contributed by atoms with Crippen LogP contribution in [-0.2, 0) is 0 Å². The van der Waals surface area contributed by atoms with Crippen LogP contribution in [0.25, 0.3) is 86.9 Å². The van der Waals surface area contributed by atoms with Gasteiger partial charge in [0.05, 0.1) is 0 Å². The van der Waals surface area contributed by atoms with E-state index in [1.807, 2.05) is 48.3 Å². The topological polar surface area (TPSA) is 25.8 Å². The van der Waals surface area contributed by atoms with Gasteiger partial charge in [0, 0.05) is 45.0 Å². The van der Waals surface area contributed by atoms with Crippen molar-refractivity contribution >= 4 is 31.5 Å². The van der Waals surface area contributed by atoms with Crippen molar-refractivity contribution < 1.29 is 0 Å². The van der Waals surface area contributed by atoms with Crippen LogP contribution in [0, 0.1) is 0 Å². The number of hydrogen-bond donors (Lipinski definition) is 0. The van der Waals surface area contributed by atoms with Crippen LogP contribution in [0.3, 0.4) is 0 Å². The van der Waals surface area contributed by atoms with Crippen molar-refractivity contribution in [2.24, 2.45) is 0 Å². The van der Waals surface area contributed by atoms with Gasteiger partial charge in [-0.15, -0.1) is 11.3 Å². The van der Waals surface area contributed by atoms with Gasteiger partial charge in [-0.05, 0) is 97.1 Å². The van der Waals surface area contributed by atoms with Gasteiger partial charge in [-0.3, -0.25) is 9.97 Å². The first-order chi connectivity index (χ1) is 24.3. The van der Waals surface area contributed by atoms with Gasteiger partial charge in [-0.2, -0.15) is 0 Å². The van der Waals surface area contributed by atoms with Gasteiger partial charge in [0.15, 0.2) is 0 Å². The van der Waals surface area contributed by atoms with Crippen molar-refractivity contribution in [1.29, 1.82) is 0 Å². The molecule has 0 saturated heterocycles. The zero-order chi connectivity index (χ0) is 32.6. The van der Waals surface area contributed by atoms with Crippen LogP contribution < -0.4 is 0 Å². The van der Waals surface area contributed by atoms with E-state index in [0.717, 1.165) is 22.3 Å². The molecule has 49 heavy (non-hydrogen) atoms. The van der Waals surface area contributed by atoms with Crippen LogP contribution in [0.2, 0.25) is 0 Å². The quantitative estimate of drug-likeness (QED) is 0.180. The minimum atomic E-state index is 1.11. The second kappa shape index (κ2) is 12.5. The lowest BCUT2D eigenvalue weighted by atomic mass is 9.91. The highest BCUT2D eigenvalue weighted by Gasteiger charge is 2.16. The van der Waals surface area contributed by atoms with Crippen molar-refractivity contribution in [3.63, 3.8) is 0 Å². The van der Waals surface area contributed by atoms with Gasteiger partial charge in [0.1, 0.15) is 0 Å². The van der Waals surface area contributed by atoms with Crippen molar-refractivity contribution in [1.82, 2.24) is 9.97 Å². The molecule has 230 valence electrons. The SMILES string of the molecule is c1ccc(-c2cccc3c2sc2c(-c4cc(-c5ccc(-c6cccnc6)cc5)cc(-c5ccc(-c6cccnc6)cc5)c4)cccc23)cc1. The fourth-order valence-corrected chi connectivity index (χ4v) is 8.16. The van der Waals surface area contributed by atoms with Crippen molar-refractivity contribution in [2.45, 2.75) is 0 Å². The molecule has 0 saturated carbocycles. The summed E-state index contributed by atoms with van der Waals surface area (Å²) in [5, 5.41) is 2.60. The van der Waals surface area contributed by atoms with Crippen LogP contribution in [0.5, 0.6) is 0 Å². The Hall–Kier alpha value is -6.16. The molecule has 0 amide bonds. The zero-order valence-corrected chi connectivity index (χ0v) is 27.4. The summed E-state index contributed by atoms with van der Waals surface area (Å²) in [7, 11) is 0. The van der Waals surface area contributed by atoms with Crippen molar-refractivity contribution in [3.05, 3.63) is 183 Å². The predicted octanol–water partition coefficient (Wildman–Crippen LogP) is 12.8. The molecular weight excluding hydrogens is 613 g/mol. The van der Waals surface area contributed by atoms with E-state index in [0.29, 0.717) is 0 Å². The lowest BCUT2D eigenvalue weighted by Gasteiger charge is -2.13. The van der Waals surface area contributed by atoms with E-state index in [2.05, 4.69) is 156 Å². The normalized spacial score (nSPS) is 11.3. The molecule has 0 bridgehead atoms. The van der Waals surface area contributed by atoms with Gasteiger partial charge >= 0.3 is 0 Å². The monoisotopic (exact) mass is 642 g/mol. The molecule has 3 aromatic heterocycles. The summed E-state index contributed by atoms with van der Waals surface area (Å²) in [6.07, 6.45) is 7.46. The minimum Gasteiger partial charge on any atom is -0.264 e. The molecule has 0 atom stereocenters. The van der Waals surface area contributed by atoms with E-state index in [1.165, 1.54) is 64.7 Å². The summed E-state index contributed by atoms with van der Waals surface area (Å²) in [6.45, 7) is 0. The van der Waals surface area contributed by atoms with Crippen molar-refractivity contribution in [3.8, 4) is 66.8 Å². The third kappa shape index (κ3) is 5.50. The summed E-state index contributed by atoms with van der Waals surface area (Å²) in [5.74, 6) is 0. The second-order valence-corrected chi connectivity index (χ2v) is 13.3. The van der Waals surface area contributed by atoms with Crippen LogP contribution in [0.4, 0.5) is 0 Å². The molecule has 3 heterocycles. The fraction of sp³-hybridized carbons (Fsp3) is 0. The molecule has 0 aliphatic heterocycles. The third-order valence-electron chi connectivity index (χ3n) is 9.28. The Morgan fingerprint density at radius 3 is 1.20 bits per heavy atom. The molecule has 9 aromatic rings. The standard InChI is InChI=1S/C46H30N2S/c1-2-8-35(9-3-1)41-12-4-14-43-44-15-5-13-42(46(44)49-45(41)43)40-27-38(33-20-16-31(17-21-33)36-10-6-24-47-29-36)26-39(28-40)34-22-18-32(19-23-34)37-11-7-25-48-30-37/h1-30H. The van der Waals surface area contributed by atoms with E-state index in [1.54, 1.807) is 0 Å². The van der Waals surface area contributed by atoms with Gasteiger partial charge in [-0.25, -0.2) is 0 Å². The van der Waals surface area contributed by atoms with Crippen LogP contribution in [0.15, 0.2) is 183 Å². The summed E-state index contributed by atoms with van der Waals surface area (Å²) in [5.41, 5.74) is 14.2. The first-order valence-corrected chi connectivity index (χ1v) is 17.3. The maximum Gasteiger partial charge on any atom is 0.0434 e. The molecular formula is C46H30N2S. The molecule has 6 aromatic carbocycles. The average molecular weight is 643 g/mol. The Labute approximate surface area is 289 Å². The number of hydrogen-bond acceptors (Lipinski definition) is 3. The number of aromatic nitrogens is 2. The highest BCUT2D eigenvalue weighted by atomic mass is 32.1. The second-order valence-electron chi connectivity index (χ2n) is 12.3. The number of pyridine rings is 2. The van der Waals surface area contributed by atoms with Gasteiger partial charge in [0.25, 0.3) is 0 Å². The Bertz CT molecular complexity index is 2450. The third-order valence-corrected chi connectivity index (χ3v) is 10.6. The fourth-order valence-electron chi connectivity index (χ4n) is 6.79. The van der Waals surface area contributed by atoms with Crippen LogP contribution >= 0.6 is 11.3 Å². The van der Waals surface area contributed by atoms with Crippen molar-refractivity contribution in [2.75, 3.05) is 0 Å². The molecule has 0 spiro atoms. The Kier molecular flexibility index (Phi) is 7.38. The zero-order valence-electron chi connectivity index (χ0n) is 26.6. The molecule has 0 fully saturated rings. The first-order valence-electron chi connectivity index (χ1n) is 16.5. The van der Waals surface area contributed by atoms with E-state index in [-0.39, 0.29) is 0 Å². The number of fused-ring (bicyclic) bond motifs is 3. The predicted molar refractivity (Wildman–Crippen MR) is 208 cm³/mol. The smallest absolute Gasteiger partial charge is 0.0434 e. The summed E-state index contributed by atoms with van der Waals surface area (Å²) >= 11 is 1.90. The van der Waals surface area contributed by atoms with Gasteiger partial charge in [-0.1, -0.05) is 127 Å². The largest absolute Gasteiger partial charge is 0.264 e. The van der Waals surface area contributed by atoms with E-state index >= 15 is 0 Å². The molecule has 0 aliphatic carbocycles. The molecule has 2 nitrogen and oxygen atoms in total. The van der Waals surface area contributed by atoms with Crippen LogP contribution in [0.1, 0.15) is 0 Å². The molecule has 0 radical (unpaired) electrons. The van der Waals surface area contributed by atoms with E-state index < -0.39 is 0 Å². The maximum atomic E-state index is 4.32. The summed E-state index contributed by atoms with van der Waals surface area (Å²) in [6, 6.07) is 57.0. The molecule has 3 heteroatoms. The Balaban J connectivity index is 1.21. The maximum absolute atomic E-state index is 4.32. The average Bonchev–Trinajstić information content (AvgIpc) is 3.58. The highest BCUT2D eigenvalue weighted by molar-refractivity contribution is 7.26. The van der Waals surface area contributed by atoms with E-state index in [4.69, 9.17) is 0 Å².